The second kappa shape index (κ2) is 9.63. The Kier molecular flexibility index (Phi) is 6.68. The average molecular weight is 435 g/mol. The first kappa shape index (κ1) is 22.2. The molecule has 0 radical (unpaired) electrons. The fraction of sp³-hybridized carbons (Fsp3) is 0.462. The van der Waals surface area contributed by atoms with Crippen LogP contribution in [0.15, 0.2) is 48.5 Å². The van der Waals surface area contributed by atoms with Gasteiger partial charge >= 0.3 is 6.03 Å². The molecular formula is C26H34N4O2. The van der Waals surface area contributed by atoms with Gasteiger partial charge in [-0.1, -0.05) is 48.0 Å². The minimum atomic E-state index is -0.203. The zero-order valence-corrected chi connectivity index (χ0v) is 19.4. The Morgan fingerprint density at radius 2 is 1.59 bits per heavy atom. The molecule has 0 aliphatic carbocycles. The number of urea groups is 1. The molecule has 2 aliphatic heterocycles. The van der Waals surface area contributed by atoms with Crippen LogP contribution in [0.25, 0.3) is 0 Å². The number of amides is 3. The SMILES string of the molecule is CCNC(=O)N1C[C@H](c2ccc(C)cc2)[C@H](C(=O)N2CCN(c3ccccc3C)CC2)C1. The van der Waals surface area contributed by atoms with Gasteiger partial charge in [0, 0.05) is 57.4 Å². The van der Waals surface area contributed by atoms with Gasteiger partial charge in [-0.15, -0.1) is 0 Å². The van der Waals surface area contributed by atoms with Crippen LogP contribution < -0.4 is 10.2 Å². The Labute approximate surface area is 191 Å². The van der Waals surface area contributed by atoms with Crippen LogP contribution in [0, 0.1) is 19.8 Å². The fourth-order valence-corrected chi connectivity index (χ4v) is 4.95. The van der Waals surface area contributed by atoms with E-state index in [1.54, 1.807) is 4.90 Å². The molecule has 0 aromatic heterocycles. The van der Waals surface area contributed by atoms with Gasteiger partial charge in [-0.05, 0) is 38.0 Å². The molecule has 2 saturated heterocycles. The summed E-state index contributed by atoms with van der Waals surface area (Å²) in [7, 11) is 0. The lowest BCUT2D eigenvalue weighted by atomic mass is 9.87. The predicted molar refractivity (Wildman–Crippen MR) is 128 cm³/mol. The highest BCUT2D eigenvalue weighted by Crippen LogP contribution is 2.34. The molecule has 4 rings (SSSR count). The topological polar surface area (TPSA) is 55.9 Å². The van der Waals surface area contributed by atoms with E-state index >= 15 is 0 Å². The predicted octanol–water partition coefficient (Wildman–Crippen LogP) is 3.40. The number of hydrogen-bond acceptors (Lipinski definition) is 3. The Morgan fingerprint density at radius 3 is 2.25 bits per heavy atom. The number of anilines is 1. The van der Waals surface area contributed by atoms with Crippen molar-refractivity contribution >= 4 is 17.6 Å². The number of rotatable bonds is 4. The van der Waals surface area contributed by atoms with Gasteiger partial charge in [0.2, 0.25) is 5.91 Å². The normalized spacial score (nSPS) is 21.0. The molecule has 0 bridgehead atoms. The van der Waals surface area contributed by atoms with Gasteiger partial charge in [-0.25, -0.2) is 4.79 Å². The highest BCUT2D eigenvalue weighted by atomic mass is 16.2. The lowest BCUT2D eigenvalue weighted by Gasteiger charge is -2.38. The van der Waals surface area contributed by atoms with E-state index < -0.39 is 0 Å². The second-order valence-electron chi connectivity index (χ2n) is 8.96. The average Bonchev–Trinajstić information content (AvgIpc) is 3.25. The van der Waals surface area contributed by atoms with E-state index in [-0.39, 0.29) is 23.8 Å². The van der Waals surface area contributed by atoms with Crippen molar-refractivity contribution in [3.63, 3.8) is 0 Å². The highest BCUT2D eigenvalue weighted by molar-refractivity contribution is 5.83. The molecule has 2 aliphatic rings. The summed E-state index contributed by atoms with van der Waals surface area (Å²) in [6.45, 7) is 10.8. The number of likely N-dealkylation sites (tertiary alicyclic amines) is 1. The number of nitrogens with zero attached hydrogens (tertiary/aromatic N) is 3. The van der Waals surface area contributed by atoms with Crippen LogP contribution in [0.3, 0.4) is 0 Å². The first-order valence-electron chi connectivity index (χ1n) is 11.7. The molecule has 2 heterocycles. The number of para-hydroxylation sites is 1. The summed E-state index contributed by atoms with van der Waals surface area (Å²) in [4.78, 5) is 32.3. The van der Waals surface area contributed by atoms with Crippen molar-refractivity contribution in [3.05, 3.63) is 65.2 Å². The summed E-state index contributed by atoms with van der Waals surface area (Å²) in [6.07, 6.45) is 0. The minimum Gasteiger partial charge on any atom is -0.368 e. The number of piperazine rings is 1. The van der Waals surface area contributed by atoms with Crippen molar-refractivity contribution in [2.75, 3.05) is 50.7 Å². The Bertz CT molecular complexity index is 951. The van der Waals surface area contributed by atoms with E-state index in [4.69, 9.17) is 0 Å². The maximum atomic E-state index is 13.6. The first-order chi connectivity index (χ1) is 15.5. The van der Waals surface area contributed by atoms with E-state index in [1.165, 1.54) is 16.8 Å². The number of hydrogen-bond donors (Lipinski definition) is 1. The molecule has 6 heteroatoms. The van der Waals surface area contributed by atoms with E-state index in [9.17, 15) is 9.59 Å². The van der Waals surface area contributed by atoms with E-state index in [1.807, 2.05) is 11.8 Å². The van der Waals surface area contributed by atoms with Crippen LogP contribution in [0.1, 0.15) is 29.5 Å². The summed E-state index contributed by atoms with van der Waals surface area (Å²) >= 11 is 0. The Balaban J connectivity index is 1.48. The molecule has 2 aromatic carbocycles. The third-order valence-electron chi connectivity index (χ3n) is 6.81. The Morgan fingerprint density at radius 1 is 0.906 bits per heavy atom. The molecule has 0 unspecified atom stereocenters. The van der Waals surface area contributed by atoms with Crippen molar-refractivity contribution in [3.8, 4) is 0 Å². The molecule has 170 valence electrons. The summed E-state index contributed by atoms with van der Waals surface area (Å²) in [5.74, 6) is -0.00256. The smallest absolute Gasteiger partial charge is 0.317 e. The van der Waals surface area contributed by atoms with Crippen molar-refractivity contribution in [1.82, 2.24) is 15.1 Å². The van der Waals surface area contributed by atoms with Crippen molar-refractivity contribution in [2.45, 2.75) is 26.7 Å². The monoisotopic (exact) mass is 434 g/mol. The lowest BCUT2D eigenvalue weighted by molar-refractivity contribution is -0.135. The van der Waals surface area contributed by atoms with Crippen molar-refractivity contribution in [1.29, 1.82) is 0 Å². The zero-order valence-electron chi connectivity index (χ0n) is 19.4. The van der Waals surface area contributed by atoms with Gasteiger partial charge in [0.25, 0.3) is 0 Å². The van der Waals surface area contributed by atoms with Crippen LogP contribution in [0.5, 0.6) is 0 Å². The largest absolute Gasteiger partial charge is 0.368 e. The number of carbonyl (C=O) groups excluding carboxylic acids is 2. The molecule has 1 N–H and O–H groups in total. The molecule has 2 atom stereocenters. The lowest BCUT2D eigenvalue weighted by Crippen LogP contribution is -2.51. The van der Waals surface area contributed by atoms with Crippen LogP contribution in [0.4, 0.5) is 10.5 Å². The second-order valence-corrected chi connectivity index (χ2v) is 8.96. The number of aryl methyl sites for hydroxylation is 2. The van der Waals surface area contributed by atoms with Gasteiger partial charge in [-0.3, -0.25) is 4.79 Å². The maximum Gasteiger partial charge on any atom is 0.317 e. The molecule has 32 heavy (non-hydrogen) atoms. The number of benzene rings is 2. The zero-order chi connectivity index (χ0) is 22.7. The van der Waals surface area contributed by atoms with E-state index in [0.29, 0.717) is 32.7 Å². The molecule has 2 aromatic rings. The first-order valence-corrected chi connectivity index (χ1v) is 11.7. The summed E-state index contributed by atoms with van der Waals surface area (Å²) in [6, 6.07) is 16.7. The quantitative estimate of drug-likeness (QED) is 0.803. The standard InChI is InChI=1S/C26H34N4O2/c1-4-27-26(32)30-17-22(21-11-9-19(2)10-12-21)23(18-30)25(31)29-15-13-28(14-16-29)24-8-6-5-7-20(24)3/h5-12,22-23H,4,13-18H2,1-3H3,(H,27,32)/t22-,23-/m1/s1. The van der Waals surface area contributed by atoms with Gasteiger partial charge in [0.05, 0.1) is 5.92 Å². The maximum absolute atomic E-state index is 13.6. The third kappa shape index (κ3) is 4.59. The fourth-order valence-electron chi connectivity index (χ4n) is 4.95. The summed E-state index contributed by atoms with van der Waals surface area (Å²) < 4.78 is 0. The van der Waals surface area contributed by atoms with Gasteiger partial charge in [0.15, 0.2) is 0 Å². The van der Waals surface area contributed by atoms with Crippen LogP contribution in [-0.2, 0) is 4.79 Å². The Hall–Kier alpha value is -3.02. The molecule has 0 spiro atoms. The van der Waals surface area contributed by atoms with E-state index in [2.05, 4.69) is 72.6 Å². The van der Waals surface area contributed by atoms with Crippen molar-refractivity contribution in [2.24, 2.45) is 5.92 Å². The van der Waals surface area contributed by atoms with Crippen LogP contribution in [-0.4, -0.2) is 67.6 Å². The van der Waals surface area contributed by atoms with Gasteiger partial charge in [0.1, 0.15) is 0 Å². The molecule has 2 fully saturated rings. The molecule has 6 nitrogen and oxygen atoms in total. The van der Waals surface area contributed by atoms with E-state index in [0.717, 1.165) is 18.7 Å². The molecule has 0 saturated carbocycles. The van der Waals surface area contributed by atoms with Crippen LogP contribution in [0.2, 0.25) is 0 Å². The highest BCUT2D eigenvalue weighted by Gasteiger charge is 2.42. The number of carbonyl (C=O) groups is 2. The third-order valence-corrected chi connectivity index (χ3v) is 6.81. The van der Waals surface area contributed by atoms with Crippen LogP contribution >= 0.6 is 0 Å². The van der Waals surface area contributed by atoms with Crippen molar-refractivity contribution < 1.29 is 9.59 Å². The van der Waals surface area contributed by atoms with Gasteiger partial charge in [-0.2, -0.15) is 0 Å². The molecular weight excluding hydrogens is 400 g/mol. The minimum absolute atomic E-state index is 0.0279. The summed E-state index contributed by atoms with van der Waals surface area (Å²) in [5.41, 5.74) is 4.85. The van der Waals surface area contributed by atoms with Gasteiger partial charge < -0.3 is 20.0 Å². The number of nitrogens with one attached hydrogen (secondary N) is 1. The summed E-state index contributed by atoms with van der Waals surface area (Å²) in [5, 5.41) is 2.89. The molecule has 3 amide bonds.